The number of methoxy groups -OCH3 is 1. The lowest BCUT2D eigenvalue weighted by molar-refractivity contribution is 0.0600. The molecule has 0 aliphatic heterocycles. The molecule has 1 aromatic rings. The van der Waals surface area contributed by atoms with Crippen LogP contribution < -0.4 is 0 Å². The predicted octanol–water partition coefficient (Wildman–Crippen LogP) is 2.98. The minimum absolute atomic E-state index is 0.205. The number of carbonyl (C=O) groups is 1. The molecule has 0 aliphatic rings. The van der Waals surface area contributed by atoms with E-state index < -0.39 is 11.8 Å². The maximum Gasteiger partial charge on any atom is 0.337 e. The van der Waals surface area contributed by atoms with Crippen molar-refractivity contribution < 1.29 is 13.9 Å². The van der Waals surface area contributed by atoms with Gasteiger partial charge in [-0.15, -0.1) is 0 Å². The standard InChI is InChI=1S/C10H8BrFO2/c1-14-10(13)8-3-2-7(4-5-11)9(12)6-8/h2-6H,1H3/b5-4+. The number of ether oxygens (including phenoxy) is 1. The van der Waals surface area contributed by atoms with E-state index in [1.165, 1.54) is 19.2 Å². The number of rotatable bonds is 2. The van der Waals surface area contributed by atoms with Gasteiger partial charge in [0.2, 0.25) is 0 Å². The molecule has 0 amide bonds. The number of carbonyl (C=O) groups excluding carboxylic acids is 1. The number of benzene rings is 1. The van der Waals surface area contributed by atoms with Gasteiger partial charge in [0.15, 0.2) is 0 Å². The molecular weight excluding hydrogens is 251 g/mol. The van der Waals surface area contributed by atoms with Crippen LogP contribution in [-0.4, -0.2) is 13.1 Å². The molecule has 0 aromatic heterocycles. The van der Waals surface area contributed by atoms with Crippen LogP contribution >= 0.6 is 15.9 Å². The van der Waals surface area contributed by atoms with E-state index in [0.29, 0.717) is 5.56 Å². The van der Waals surface area contributed by atoms with Crippen LogP contribution in [0.2, 0.25) is 0 Å². The fourth-order valence-electron chi connectivity index (χ4n) is 0.975. The molecule has 74 valence electrons. The Hall–Kier alpha value is -1.16. The van der Waals surface area contributed by atoms with Crippen LogP contribution in [0.15, 0.2) is 23.2 Å². The highest BCUT2D eigenvalue weighted by atomic mass is 79.9. The Morgan fingerprint density at radius 3 is 2.79 bits per heavy atom. The third-order valence-corrected chi connectivity index (χ3v) is 1.93. The molecule has 0 spiro atoms. The van der Waals surface area contributed by atoms with Gasteiger partial charge in [0.1, 0.15) is 5.82 Å². The second-order valence-electron chi connectivity index (χ2n) is 2.52. The van der Waals surface area contributed by atoms with Gasteiger partial charge < -0.3 is 4.74 Å². The SMILES string of the molecule is COC(=O)c1ccc(/C=C/Br)c(F)c1. The zero-order valence-electron chi connectivity index (χ0n) is 7.46. The summed E-state index contributed by atoms with van der Waals surface area (Å²) in [5, 5.41) is 0. The molecule has 0 saturated carbocycles. The zero-order valence-corrected chi connectivity index (χ0v) is 9.05. The summed E-state index contributed by atoms with van der Waals surface area (Å²) in [5.74, 6) is -0.998. The number of hydrogen-bond acceptors (Lipinski definition) is 2. The molecular formula is C10H8BrFO2. The summed E-state index contributed by atoms with van der Waals surface area (Å²) in [5.41, 5.74) is 0.617. The van der Waals surface area contributed by atoms with Gasteiger partial charge in [-0.2, -0.15) is 0 Å². The van der Waals surface area contributed by atoms with Crippen LogP contribution in [0.1, 0.15) is 15.9 Å². The highest BCUT2D eigenvalue weighted by molar-refractivity contribution is 9.11. The Bertz CT molecular complexity index is 374. The first-order chi connectivity index (χ1) is 6.69. The van der Waals surface area contributed by atoms with Crippen molar-refractivity contribution >= 4 is 28.0 Å². The summed E-state index contributed by atoms with van der Waals surface area (Å²) < 4.78 is 17.7. The smallest absolute Gasteiger partial charge is 0.337 e. The summed E-state index contributed by atoms with van der Waals surface area (Å²) in [6, 6.07) is 4.17. The van der Waals surface area contributed by atoms with Crippen molar-refractivity contribution in [1.82, 2.24) is 0 Å². The molecule has 0 bridgehead atoms. The Labute approximate surface area is 89.5 Å². The van der Waals surface area contributed by atoms with Crippen LogP contribution in [0.3, 0.4) is 0 Å². The van der Waals surface area contributed by atoms with E-state index >= 15 is 0 Å². The van der Waals surface area contributed by atoms with Gasteiger partial charge >= 0.3 is 5.97 Å². The van der Waals surface area contributed by atoms with E-state index in [9.17, 15) is 9.18 Å². The van der Waals surface area contributed by atoms with Gasteiger partial charge in [-0.3, -0.25) is 0 Å². The van der Waals surface area contributed by atoms with E-state index in [0.717, 1.165) is 6.07 Å². The Kier molecular flexibility index (Phi) is 3.83. The maximum atomic E-state index is 13.3. The average molecular weight is 259 g/mol. The number of esters is 1. The summed E-state index contributed by atoms with van der Waals surface area (Å²) in [7, 11) is 1.26. The molecule has 0 radical (unpaired) electrons. The Balaban J connectivity index is 3.06. The first-order valence-electron chi connectivity index (χ1n) is 3.83. The second-order valence-corrected chi connectivity index (χ2v) is 3.05. The highest BCUT2D eigenvalue weighted by Crippen LogP contribution is 2.13. The normalized spacial score (nSPS) is 10.5. The second kappa shape index (κ2) is 4.91. The van der Waals surface area contributed by atoms with Gasteiger partial charge in [-0.25, -0.2) is 9.18 Å². The quantitative estimate of drug-likeness (QED) is 0.763. The van der Waals surface area contributed by atoms with Crippen LogP contribution in [0.4, 0.5) is 4.39 Å². The van der Waals surface area contributed by atoms with Gasteiger partial charge in [0.05, 0.1) is 12.7 Å². The molecule has 4 heteroatoms. The van der Waals surface area contributed by atoms with E-state index in [4.69, 9.17) is 0 Å². The first-order valence-corrected chi connectivity index (χ1v) is 4.75. The summed E-state index contributed by atoms with van der Waals surface area (Å²) in [6.07, 6.45) is 1.55. The molecule has 2 nitrogen and oxygen atoms in total. The van der Waals surface area contributed by atoms with Crippen molar-refractivity contribution in [3.05, 3.63) is 40.1 Å². The monoisotopic (exact) mass is 258 g/mol. The van der Waals surface area contributed by atoms with E-state index in [-0.39, 0.29) is 5.56 Å². The van der Waals surface area contributed by atoms with Crippen molar-refractivity contribution in [3.8, 4) is 0 Å². The minimum atomic E-state index is -0.543. The van der Waals surface area contributed by atoms with E-state index in [1.54, 1.807) is 11.1 Å². The number of halogens is 2. The molecule has 0 saturated heterocycles. The molecule has 1 rings (SSSR count). The zero-order chi connectivity index (χ0) is 10.6. The molecule has 14 heavy (non-hydrogen) atoms. The largest absolute Gasteiger partial charge is 0.465 e. The maximum absolute atomic E-state index is 13.3. The average Bonchev–Trinajstić information content (AvgIpc) is 2.20. The Morgan fingerprint density at radius 2 is 2.29 bits per heavy atom. The minimum Gasteiger partial charge on any atom is -0.465 e. The van der Waals surface area contributed by atoms with Crippen LogP contribution in [-0.2, 0) is 4.74 Å². The van der Waals surface area contributed by atoms with Crippen molar-refractivity contribution in [3.63, 3.8) is 0 Å². The highest BCUT2D eigenvalue weighted by Gasteiger charge is 2.07. The summed E-state index contributed by atoms with van der Waals surface area (Å²) in [6.45, 7) is 0. The fraction of sp³-hybridized carbons (Fsp3) is 0.100. The lowest BCUT2D eigenvalue weighted by atomic mass is 10.1. The third-order valence-electron chi connectivity index (χ3n) is 1.66. The molecule has 1 aromatic carbocycles. The first kappa shape index (κ1) is 10.9. The molecule has 0 heterocycles. The van der Waals surface area contributed by atoms with Crippen molar-refractivity contribution in [2.45, 2.75) is 0 Å². The van der Waals surface area contributed by atoms with Crippen molar-refractivity contribution in [2.75, 3.05) is 7.11 Å². The molecule has 0 atom stereocenters. The topological polar surface area (TPSA) is 26.3 Å². The van der Waals surface area contributed by atoms with Crippen LogP contribution in [0, 0.1) is 5.82 Å². The Morgan fingerprint density at radius 1 is 1.57 bits per heavy atom. The lowest BCUT2D eigenvalue weighted by Gasteiger charge is -2.00. The summed E-state index contributed by atoms with van der Waals surface area (Å²) >= 11 is 3.04. The van der Waals surface area contributed by atoms with Gasteiger partial charge in [0.25, 0.3) is 0 Å². The van der Waals surface area contributed by atoms with E-state index in [1.807, 2.05) is 0 Å². The third kappa shape index (κ3) is 2.42. The van der Waals surface area contributed by atoms with Gasteiger partial charge in [-0.05, 0) is 23.2 Å². The molecule has 0 N–H and O–H groups in total. The summed E-state index contributed by atoms with van der Waals surface area (Å²) in [4.78, 5) is 12.6. The van der Waals surface area contributed by atoms with Gasteiger partial charge in [-0.1, -0.05) is 22.0 Å². The molecule has 0 unspecified atom stereocenters. The van der Waals surface area contributed by atoms with Crippen molar-refractivity contribution in [2.24, 2.45) is 0 Å². The van der Waals surface area contributed by atoms with Crippen LogP contribution in [0.25, 0.3) is 6.08 Å². The van der Waals surface area contributed by atoms with Crippen molar-refractivity contribution in [1.29, 1.82) is 0 Å². The van der Waals surface area contributed by atoms with E-state index in [2.05, 4.69) is 20.7 Å². The van der Waals surface area contributed by atoms with Gasteiger partial charge in [0, 0.05) is 5.56 Å². The van der Waals surface area contributed by atoms with Crippen LogP contribution in [0.5, 0.6) is 0 Å². The fourth-order valence-corrected chi connectivity index (χ4v) is 1.26. The predicted molar refractivity (Wildman–Crippen MR) is 55.7 cm³/mol. The lowest BCUT2D eigenvalue weighted by Crippen LogP contribution is -2.01. The molecule has 0 fully saturated rings. The number of hydrogen-bond donors (Lipinski definition) is 0. The molecule has 0 aliphatic carbocycles.